The van der Waals surface area contributed by atoms with Gasteiger partial charge in [0.05, 0.1) is 18.7 Å². The molecule has 8 heteroatoms. The van der Waals surface area contributed by atoms with Gasteiger partial charge in [0.2, 0.25) is 5.91 Å². The lowest BCUT2D eigenvalue weighted by atomic mass is 9.91. The molecule has 2 heterocycles. The van der Waals surface area contributed by atoms with Crippen LogP contribution in [0.5, 0.6) is 5.75 Å². The van der Waals surface area contributed by atoms with Gasteiger partial charge in [-0.15, -0.1) is 0 Å². The van der Waals surface area contributed by atoms with E-state index in [1.807, 2.05) is 6.92 Å². The van der Waals surface area contributed by atoms with Crippen molar-refractivity contribution in [3.8, 4) is 5.75 Å². The molecule has 2 unspecified atom stereocenters. The van der Waals surface area contributed by atoms with Crippen molar-refractivity contribution < 1.29 is 24.2 Å². The van der Waals surface area contributed by atoms with Gasteiger partial charge in [-0.05, 0) is 30.9 Å². The van der Waals surface area contributed by atoms with Crippen LogP contribution in [-0.4, -0.2) is 54.7 Å². The number of hydrogen-bond donors (Lipinski definition) is 2. The van der Waals surface area contributed by atoms with Gasteiger partial charge in [-0.25, -0.2) is 4.79 Å². The summed E-state index contributed by atoms with van der Waals surface area (Å²) in [5, 5.41) is 12.1. The molecule has 0 saturated carbocycles. The van der Waals surface area contributed by atoms with Crippen molar-refractivity contribution in [1.29, 1.82) is 0 Å². The molecule has 1 aromatic carbocycles. The topological polar surface area (TPSA) is 99.2 Å². The van der Waals surface area contributed by atoms with E-state index in [1.54, 1.807) is 23.1 Å². The molecule has 2 aliphatic heterocycles. The third-order valence-electron chi connectivity index (χ3n) is 5.09. The van der Waals surface area contributed by atoms with Crippen LogP contribution in [0.4, 0.5) is 16.2 Å². The van der Waals surface area contributed by atoms with Gasteiger partial charge >= 0.3 is 12.0 Å². The summed E-state index contributed by atoms with van der Waals surface area (Å²) >= 11 is 0. The van der Waals surface area contributed by atoms with Crippen molar-refractivity contribution in [1.82, 2.24) is 4.90 Å². The summed E-state index contributed by atoms with van der Waals surface area (Å²) in [5.41, 5.74) is 1.23. The van der Waals surface area contributed by atoms with Gasteiger partial charge in [-0.2, -0.15) is 0 Å². The number of carboxylic acids is 1. The van der Waals surface area contributed by atoms with E-state index >= 15 is 0 Å². The number of carbonyl (C=O) groups excluding carboxylic acids is 2. The molecule has 0 spiro atoms. The molecule has 1 aromatic rings. The maximum atomic E-state index is 12.6. The van der Waals surface area contributed by atoms with Crippen molar-refractivity contribution in [2.45, 2.75) is 26.2 Å². The molecule has 3 rings (SSSR count). The molecule has 2 atom stereocenters. The average molecular weight is 375 g/mol. The number of nitrogens with one attached hydrogen (secondary N) is 1. The fraction of sp³-hybridized carbons (Fsp3) is 0.526. The number of carboxylic acid groups (broad SMARTS) is 1. The molecule has 0 aliphatic carbocycles. The zero-order valence-electron chi connectivity index (χ0n) is 15.6. The molecule has 2 N–H and O–H groups in total. The number of urea groups is 1. The van der Waals surface area contributed by atoms with Crippen LogP contribution in [0.25, 0.3) is 0 Å². The molecule has 2 saturated heterocycles. The van der Waals surface area contributed by atoms with Gasteiger partial charge in [0.1, 0.15) is 5.75 Å². The van der Waals surface area contributed by atoms with Crippen molar-refractivity contribution in [2.24, 2.45) is 11.8 Å². The third-order valence-corrected chi connectivity index (χ3v) is 5.09. The largest absolute Gasteiger partial charge is 0.494 e. The standard InChI is InChI=1S/C19H25N3O5/c1-12-8-13(18(24)25)11-21(10-12)19(26)20-14-5-6-15(16(9-14)27-2)22-7-3-4-17(22)23/h5-6,9,12-13H,3-4,7-8,10-11H2,1-2H3,(H,20,26)(H,24,25). The lowest BCUT2D eigenvalue weighted by Crippen LogP contribution is -2.47. The van der Waals surface area contributed by atoms with Crippen LogP contribution in [-0.2, 0) is 9.59 Å². The number of carbonyl (C=O) groups is 3. The second-order valence-corrected chi connectivity index (χ2v) is 7.25. The highest BCUT2D eigenvalue weighted by Crippen LogP contribution is 2.34. The highest BCUT2D eigenvalue weighted by Gasteiger charge is 2.32. The first kappa shape index (κ1) is 19.0. The van der Waals surface area contributed by atoms with Crippen LogP contribution in [0.2, 0.25) is 0 Å². The van der Waals surface area contributed by atoms with Gasteiger partial charge in [0.15, 0.2) is 0 Å². The molecule has 0 radical (unpaired) electrons. The first-order valence-electron chi connectivity index (χ1n) is 9.16. The molecule has 2 aliphatic rings. The second-order valence-electron chi connectivity index (χ2n) is 7.25. The van der Waals surface area contributed by atoms with E-state index in [2.05, 4.69) is 5.32 Å². The lowest BCUT2D eigenvalue weighted by Gasteiger charge is -2.34. The number of hydrogen-bond acceptors (Lipinski definition) is 4. The number of piperidine rings is 1. The Kier molecular flexibility index (Phi) is 5.53. The predicted octanol–water partition coefficient (Wildman–Crippen LogP) is 2.40. The summed E-state index contributed by atoms with van der Waals surface area (Å²) in [6, 6.07) is 4.83. The smallest absolute Gasteiger partial charge is 0.321 e. The molecule has 146 valence electrons. The maximum absolute atomic E-state index is 12.6. The SMILES string of the molecule is COc1cc(NC(=O)N2CC(C)CC(C(=O)O)C2)ccc1N1CCCC1=O. The third kappa shape index (κ3) is 4.15. The van der Waals surface area contributed by atoms with Crippen molar-refractivity contribution in [3.05, 3.63) is 18.2 Å². The number of benzene rings is 1. The quantitative estimate of drug-likeness (QED) is 0.842. The Hall–Kier alpha value is -2.77. The van der Waals surface area contributed by atoms with Crippen LogP contribution in [0.3, 0.4) is 0 Å². The minimum absolute atomic E-state index is 0.0621. The van der Waals surface area contributed by atoms with Crippen molar-refractivity contribution >= 4 is 29.3 Å². The summed E-state index contributed by atoms with van der Waals surface area (Å²) in [5.74, 6) is -0.715. The maximum Gasteiger partial charge on any atom is 0.321 e. The number of rotatable bonds is 4. The number of likely N-dealkylation sites (tertiary alicyclic amines) is 1. The van der Waals surface area contributed by atoms with Gasteiger partial charge in [-0.1, -0.05) is 6.92 Å². The number of methoxy groups -OCH3 is 1. The Morgan fingerprint density at radius 3 is 2.70 bits per heavy atom. The van der Waals surface area contributed by atoms with E-state index in [9.17, 15) is 19.5 Å². The Morgan fingerprint density at radius 2 is 2.07 bits per heavy atom. The molecule has 0 bridgehead atoms. The second kappa shape index (κ2) is 7.85. The number of nitrogens with zero attached hydrogens (tertiary/aromatic N) is 2. The Balaban J connectivity index is 1.72. The summed E-state index contributed by atoms with van der Waals surface area (Å²) < 4.78 is 5.40. The molecule has 27 heavy (non-hydrogen) atoms. The monoisotopic (exact) mass is 375 g/mol. The molecule has 3 amide bonds. The first-order chi connectivity index (χ1) is 12.9. The van der Waals surface area contributed by atoms with E-state index in [1.165, 1.54) is 12.0 Å². The minimum atomic E-state index is -0.874. The highest BCUT2D eigenvalue weighted by atomic mass is 16.5. The molecular formula is C19H25N3O5. The van der Waals surface area contributed by atoms with E-state index in [0.717, 1.165) is 6.42 Å². The zero-order chi connectivity index (χ0) is 19.6. The summed E-state index contributed by atoms with van der Waals surface area (Å²) in [4.78, 5) is 39.1. The number of anilines is 2. The van der Waals surface area contributed by atoms with E-state index in [4.69, 9.17) is 4.74 Å². The Labute approximate surface area is 158 Å². The molecule has 0 aromatic heterocycles. The first-order valence-corrected chi connectivity index (χ1v) is 9.16. The average Bonchev–Trinajstić information content (AvgIpc) is 3.06. The lowest BCUT2D eigenvalue weighted by molar-refractivity contribution is -0.143. The van der Waals surface area contributed by atoms with Crippen LogP contribution in [0.1, 0.15) is 26.2 Å². The van der Waals surface area contributed by atoms with Crippen molar-refractivity contribution in [3.63, 3.8) is 0 Å². The molecular weight excluding hydrogens is 350 g/mol. The fourth-order valence-electron chi connectivity index (χ4n) is 3.78. The fourth-order valence-corrected chi connectivity index (χ4v) is 3.78. The predicted molar refractivity (Wildman–Crippen MR) is 100 cm³/mol. The number of aliphatic carboxylic acids is 1. The Bertz CT molecular complexity index is 751. The molecule has 2 fully saturated rings. The van der Waals surface area contributed by atoms with Crippen molar-refractivity contribution in [2.75, 3.05) is 37.0 Å². The van der Waals surface area contributed by atoms with Crippen LogP contribution in [0.15, 0.2) is 18.2 Å². The summed E-state index contributed by atoms with van der Waals surface area (Å²) in [6.45, 7) is 3.32. The van der Waals surface area contributed by atoms with Crippen LogP contribution < -0.4 is 15.0 Å². The summed E-state index contributed by atoms with van der Waals surface area (Å²) in [7, 11) is 1.52. The van der Waals surface area contributed by atoms with E-state index in [-0.39, 0.29) is 24.4 Å². The zero-order valence-corrected chi connectivity index (χ0v) is 15.6. The highest BCUT2D eigenvalue weighted by molar-refractivity contribution is 5.97. The van der Waals surface area contributed by atoms with E-state index < -0.39 is 11.9 Å². The number of ether oxygens (including phenoxy) is 1. The number of amides is 3. The van der Waals surface area contributed by atoms with Crippen LogP contribution in [0, 0.1) is 11.8 Å². The van der Waals surface area contributed by atoms with Crippen LogP contribution >= 0.6 is 0 Å². The normalized spacial score (nSPS) is 22.7. The van der Waals surface area contributed by atoms with Gasteiger partial charge < -0.3 is 25.0 Å². The van der Waals surface area contributed by atoms with Gasteiger partial charge in [-0.3, -0.25) is 9.59 Å². The van der Waals surface area contributed by atoms with Gasteiger partial charge in [0.25, 0.3) is 0 Å². The van der Waals surface area contributed by atoms with Gasteiger partial charge in [0, 0.05) is 37.8 Å². The van der Waals surface area contributed by atoms with E-state index in [0.29, 0.717) is 43.1 Å². The Morgan fingerprint density at radius 1 is 1.30 bits per heavy atom. The molecule has 8 nitrogen and oxygen atoms in total. The minimum Gasteiger partial charge on any atom is -0.494 e. The summed E-state index contributed by atoms with van der Waals surface area (Å²) in [6.07, 6.45) is 1.92.